The molecule has 1 aliphatic rings. The standard InChI is InChI=1S/C22H27NO5/c1-23(14-16-10-11-17(25-2)13-21(16)26-3)22(24)19-8-4-5-9-20(19)28-15-18-7-6-12-27-18/h4-5,8-11,13,18H,6-7,12,14-15H2,1-3H3. The third-order valence-corrected chi connectivity index (χ3v) is 4.81. The van der Waals surface area contributed by atoms with Crippen molar-refractivity contribution in [1.29, 1.82) is 0 Å². The van der Waals surface area contributed by atoms with Crippen LogP contribution in [0.1, 0.15) is 28.8 Å². The SMILES string of the molecule is COc1ccc(CN(C)C(=O)c2ccccc2OCC2CCCO2)c(OC)c1. The number of hydrogen-bond acceptors (Lipinski definition) is 5. The van der Waals surface area contributed by atoms with Crippen molar-refractivity contribution in [3.05, 3.63) is 53.6 Å². The van der Waals surface area contributed by atoms with E-state index in [2.05, 4.69) is 0 Å². The van der Waals surface area contributed by atoms with Crippen LogP contribution in [-0.2, 0) is 11.3 Å². The van der Waals surface area contributed by atoms with Crippen LogP contribution in [0.3, 0.4) is 0 Å². The predicted molar refractivity (Wildman–Crippen MR) is 106 cm³/mol. The summed E-state index contributed by atoms with van der Waals surface area (Å²) in [5.74, 6) is 1.86. The highest BCUT2D eigenvalue weighted by Gasteiger charge is 2.21. The minimum atomic E-state index is -0.110. The molecule has 1 aliphatic heterocycles. The Morgan fingerprint density at radius 1 is 1.14 bits per heavy atom. The molecule has 6 heteroatoms. The molecule has 0 saturated carbocycles. The van der Waals surface area contributed by atoms with Gasteiger partial charge in [-0.3, -0.25) is 4.79 Å². The van der Waals surface area contributed by atoms with Gasteiger partial charge in [0.25, 0.3) is 5.91 Å². The summed E-state index contributed by atoms with van der Waals surface area (Å²) >= 11 is 0. The van der Waals surface area contributed by atoms with Crippen molar-refractivity contribution in [2.45, 2.75) is 25.5 Å². The average molecular weight is 385 g/mol. The highest BCUT2D eigenvalue weighted by atomic mass is 16.5. The predicted octanol–water partition coefficient (Wildman–Crippen LogP) is 3.53. The van der Waals surface area contributed by atoms with E-state index in [1.807, 2.05) is 36.4 Å². The Kier molecular flexibility index (Phi) is 6.76. The van der Waals surface area contributed by atoms with Crippen LogP contribution in [0.15, 0.2) is 42.5 Å². The Hall–Kier alpha value is -2.73. The normalized spacial score (nSPS) is 15.9. The van der Waals surface area contributed by atoms with E-state index in [0.29, 0.717) is 36.0 Å². The molecule has 2 aromatic rings. The Balaban J connectivity index is 1.71. The molecule has 1 amide bonds. The number of para-hydroxylation sites is 1. The van der Waals surface area contributed by atoms with E-state index in [4.69, 9.17) is 18.9 Å². The lowest BCUT2D eigenvalue weighted by atomic mass is 10.1. The first-order chi connectivity index (χ1) is 13.6. The molecule has 1 heterocycles. The maximum atomic E-state index is 13.0. The van der Waals surface area contributed by atoms with Gasteiger partial charge < -0.3 is 23.8 Å². The van der Waals surface area contributed by atoms with Gasteiger partial charge in [-0.1, -0.05) is 12.1 Å². The molecule has 2 aromatic carbocycles. The van der Waals surface area contributed by atoms with E-state index in [9.17, 15) is 4.79 Å². The zero-order valence-electron chi connectivity index (χ0n) is 16.6. The lowest BCUT2D eigenvalue weighted by molar-refractivity contribution is 0.0656. The number of carbonyl (C=O) groups excluding carboxylic acids is 1. The Labute approximate surface area is 166 Å². The smallest absolute Gasteiger partial charge is 0.257 e. The quantitative estimate of drug-likeness (QED) is 0.696. The summed E-state index contributed by atoms with van der Waals surface area (Å²) in [6, 6.07) is 12.9. The van der Waals surface area contributed by atoms with Crippen LogP contribution in [0.5, 0.6) is 17.2 Å². The summed E-state index contributed by atoms with van der Waals surface area (Å²) in [6.45, 7) is 1.65. The van der Waals surface area contributed by atoms with Crippen molar-refractivity contribution in [2.24, 2.45) is 0 Å². The van der Waals surface area contributed by atoms with E-state index >= 15 is 0 Å². The summed E-state index contributed by atoms with van der Waals surface area (Å²) in [4.78, 5) is 14.7. The molecule has 1 saturated heterocycles. The van der Waals surface area contributed by atoms with E-state index in [-0.39, 0.29) is 12.0 Å². The van der Waals surface area contributed by atoms with Crippen LogP contribution in [0.2, 0.25) is 0 Å². The van der Waals surface area contributed by atoms with Crippen molar-refractivity contribution in [1.82, 2.24) is 4.90 Å². The van der Waals surface area contributed by atoms with E-state index < -0.39 is 0 Å². The van der Waals surface area contributed by atoms with Crippen molar-refractivity contribution in [3.63, 3.8) is 0 Å². The lowest BCUT2D eigenvalue weighted by Gasteiger charge is -2.21. The monoisotopic (exact) mass is 385 g/mol. The summed E-state index contributed by atoms with van der Waals surface area (Å²) in [7, 11) is 4.98. The van der Waals surface area contributed by atoms with Gasteiger partial charge in [-0.15, -0.1) is 0 Å². The fourth-order valence-corrected chi connectivity index (χ4v) is 3.24. The first-order valence-electron chi connectivity index (χ1n) is 9.42. The number of carbonyl (C=O) groups is 1. The number of amides is 1. The van der Waals surface area contributed by atoms with Gasteiger partial charge >= 0.3 is 0 Å². The minimum Gasteiger partial charge on any atom is -0.497 e. The fourth-order valence-electron chi connectivity index (χ4n) is 3.24. The number of methoxy groups -OCH3 is 2. The molecule has 0 aromatic heterocycles. The van der Waals surface area contributed by atoms with Gasteiger partial charge in [-0.2, -0.15) is 0 Å². The average Bonchev–Trinajstić information content (AvgIpc) is 3.25. The summed E-state index contributed by atoms with van der Waals surface area (Å²) in [6.07, 6.45) is 2.15. The molecule has 0 bridgehead atoms. The zero-order valence-corrected chi connectivity index (χ0v) is 16.6. The van der Waals surface area contributed by atoms with E-state index in [1.165, 1.54) is 0 Å². The fraction of sp³-hybridized carbons (Fsp3) is 0.409. The van der Waals surface area contributed by atoms with Gasteiger partial charge in [0.15, 0.2) is 0 Å². The first kappa shape index (κ1) is 20.0. The molecule has 6 nitrogen and oxygen atoms in total. The molecular weight excluding hydrogens is 358 g/mol. The maximum Gasteiger partial charge on any atom is 0.257 e. The van der Waals surface area contributed by atoms with E-state index in [1.54, 1.807) is 32.2 Å². The number of hydrogen-bond donors (Lipinski definition) is 0. The van der Waals surface area contributed by atoms with Gasteiger partial charge in [-0.25, -0.2) is 0 Å². The molecule has 3 rings (SSSR count). The first-order valence-corrected chi connectivity index (χ1v) is 9.42. The summed E-state index contributed by atoms with van der Waals surface area (Å²) < 4.78 is 22.2. The van der Waals surface area contributed by atoms with E-state index in [0.717, 1.165) is 25.0 Å². The number of nitrogens with zero attached hydrogens (tertiary/aromatic N) is 1. The molecule has 28 heavy (non-hydrogen) atoms. The van der Waals surface area contributed by atoms with Crippen LogP contribution in [-0.4, -0.2) is 51.4 Å². The molecule has 1 fully saturated rings. The molecule has 150 valence electrons. The van der Waals surface area contributed by atoms with Gasteiger partial charge in [0.2, 0.25) is 0 Å². The Morgan fingerprint density at radius 2 is 1.96 bits per heavy atom. The topological polar surface area (TPSA) is 57.2 Å². The minimum absolute atomic E-state index is 0.101. The number of rotatable bonds is 8. The van der Waals surface area contributed by atoms with Crippen LogP contribution in [0, 0.1) is 0 Å². The molecule has 1 atom stereocenters. The summed E-state index contributed by atoms with van der Waals surface area (Å²) in [5.41, 5.74) is 1.44. The van der Waals surface area contributed by atoms with Crippen LogP contribution in [0.4, 0.5) is 0 Å². The molecule has 1 unspecified atom stereocenters. The molecule has 0 spiro atoms. The van der Waals surface area contributed by atoms with Crippen molar-refractivity contribution in [3.8, 4) is 17.2 Å². The second-order valence-electron chi connectivity index (χ2n) is 6.78. The van der Waals surface area contributed by atoms with Crippen LogP contribution >= 0.6 is 0 Å². The van der Waals surface area contributed by atoms with Crippen LogP contribution < -0.4 is 14.2 Å². The molecule has 0 radical (unpaired) electrons. The third kappa shape index (κ3) is 4.75. The Morgan fingerprint density at radius 3 is 2.68 bits per heavy atom. The van der Waals surface area contributed by atoms with Crippen LogP contribution in [0.25, 0.3) is 0 Å². The lowest BCUT2D eigenvalue weighted by Crippen LogP contribution is -2.27. The van der Waals surface area contributed by atoms with Crippen molar-refractivity contribution >= 4 is 5.91 Å². The largest absolute Gasteiger partial charge is 0.497 e. The highest BCUT2D eigenvalue weighted by molar-refractivity contribution is 5.96. The van der Waals surface area contributed by atoms with Gasteiger partial charge in [-0.05, 0) is 37.1 Å². The highest BCUT2D eigenvalue weighted by Crippen LogP contribution is 2.27. The molecule has 0 N–H and O–H groups in total. The zero-order chi connectivity index (χ0) is 19.9. The van der Waals surface area contributed by atoms with Crippen molar-refractivity contribution in [2.75, 3.05) is 34.5 Å². The number of ether oxygens (including phenoxy) is 4. The van der Waals surface area contributed by atoms with Gasteiger partial charge in [0, 0.05) is 31.8 Å². The maximum absolute atomic E-state index is 13.0. The molecular formula is C22H27NO5. The summed E-state index contributed by atoms with van der Waals surface area (Å²) in [5, 5.41) is 0. The second-order valence-corrected chi connectivity index (χ2v) is 6.78. The third-order valence-electron chi connectivity index (χ3n) is 4.81. The van der Waals surface area contributed by atoms with Gasteiger partial charge in [0.1, 0.15) is 23.9 Å². The second kappa shape index (κ2) is 9.46. The number of benzene rings is 2. The van der Waals surface area contributed by atoms with Crippen molar-refractivity contribution < 1.29 is 23.7 Å². The Bertz CT molecular complexity index is 801. The van der Waals surface area contributed by atoms with Gasteiger partial charge in [0.05, 0.1) is 25.9 Å². The molecule has 0 aliphatic carbocycles.